The van der Waals surface area contributed by atoms with Gasteiger partial charge < -0.3 is 14.6 Å². The Labute approximate surface area is 130 Å². The maximum atomic E-state index is 12.1. The number of aryl methyl sites for hydroxylation is 2. The van der Waals surface area contributed by atoms with Gasteiger partial charge in [0.15, 0.2) is 0 Å². The van der Waals surface area contributed by atoms with Gasteiger partial charge in [-0.1, -0.05) is 0 Å². The van der Waals surface area contributed by atoms with Crippen molar-refractivity contribution in [3.05, 3.63) is 41.2 Å². The maximum absolute atomic E-state index is 12.1. The van der Waals surface area contributed by atoms with Crippen LogP contribution in [0.2, 0.25) is 0 Å². The molecule has 118 valence electrons. The van der Waals surface area contributed by atoms with Crippen molar-refractivity contribution in [1.82, 2.24) is 15.3 Å². The first-order chi connectivity index (χ1) is 10.5. The van der Waals surface area contributed by atoms with Crippen LogP contribution in [-0.4, -0.2) is 29.0 Å². The molecule has 1 amide bonds. The molecule has 0 spiro atoms. The van der Waals surface area contributed by atoms with Gasteiger partial charge >= 0.3 is 0 Å². The van der Waals surface area contributed by atoms with Crippen LogP contribution < -0.4 is 10.2 Å². The molecule has 1 N–H and O–H groups in total. The van der Waals surface area contributed by atoms with Crippen molar-refractivity contribution in [3.63, 3.8) is 0 Å². The van der Waals surface area contributed by atoms with Crippen LogP contribution in [0.5, 0.6) is 0 Å². The molecule has 0 saturated heterocycles. The Morgan fingerprint density at radius 1 is 1.27 bits per heavy atom. The molecule has 0 aliphatic heterocycles. The predicted octanol–water partition coefficient (Wildman–Crippen LogP) is 2.46. The minimum Gasteiger partial charge on any atom is -0.444 e. The molecular weight excluding hydrogens is 280 g/mol. The molecule has 0 bridgehead atoms. The van der Waals surface area contributed by atoms with Gasteiger partial charge in [0.25, 0.3) is 5.91 Å². The number of hydrogen-bond acceptors (Lipinski definition) is 5. The lowest BCUT2D eigenvalue weighted by Crippen LogP contribution is -2.25. The van der Waals surface area contributed by atoms with Gasteiger partial charge in [-0.25, -0.2) is 9.97 Å². The van der Waals surface area contributed by atoms with Gasteiger partial charge in [0.05, 0.1) is 17.8 Å². The number of nitrogens with zero attached hydrogens (tertiary/aromatic N) is 3. The molecule has 0 aromatic carbocycles. The van der Waals surface area contributed by atoms with E-state index in [4.69, 9.17) is 4.42 Å². The third-order valence-corrected chi connectivity index (χ3v) is 3.57. The maximum Gasteiger partial charge on any atom is 0.253 e. The summed E-state index contributed by atoms with van der Waals surface area (Å²) >= 11 is 0. The smallest absolute Gasteiger partial charge is 0.253 e. The molecule has 0 saturated carbocycles. The van der Waals surface area contributed by atoms with Crippen LogP contribution in [0.3, 0.4) is 0 Å². The van der Waals surface area contributed by atoms with E-state index in [1.807, 2.05) is 19.9 Å². The highest BCUT2D eigenvalue weighted by molar-refractivity contribution is 5.93. The van der Waals surface area contributed by atoms with Crippen LogP contribution in [-0.2, 0) is 6.54 Å². The SMILES string of the molecule is CCN(CC)c1ccc(C(=O)NCc2nc(C)c(C)o2)cn1. The van der Waals surface area contributed by atoms with Crippen LogP contribution >= 0.6 is 0 Å². The second-order valence-corrected chi connectivity index (χ2v) is 5.01. The molecule has 2 aromatic heterocycles. The van der Waals surface area contributed by atoms with E-state index in [0.717, 1.165) is 30.4 Å². The highest BCUT2D eigenvalue weighted by atomic mass is 16.4. The van der Waals surface area contributed by atoms with Gasteiger partial charge in [-0.05, 0) is 39.8 Å². The first-order valence-electron chi connectivity index (χ1n) is 7.47. The van der Waals surface area contributed by atoms with E-state index in [-0.39, 0.29) is 12.5 Å². The molecule has 2 heterocycles. The molecule has 0 aliphatic rings. The molecule has 0 aliphatic carbocycles. The lowest BCUT2D eigenvalue weighted by atomic mass is 10.2. The number of carbonyl (C=O) groups excluding carboxylic acids is 1. The van der Waals surface area contributed by atoms with Gasteiger partial charge in [-0.3, -0.25) is 4.79 Å². The van der Waals surface area contributed by atoms with Gasteiger partial charge in [-0.2, -0.15) is 0 Å². The molecule has 6 nitrogen and oxygen atoms in total. The minimum atomic E-state index is -0.188. The minimum absolute atomic E-state index is 0.188. The summed E-state index contributed by atoms with van der Waals surface area (Å²) in [7, 11) is 0. The summed E-state index contributed by atoms with van der Waals surface area (Å²) in [5.74, 6) is 1.97. The fourth-order valence-corrected chi connectivity index (χ4v) is 2.13. The number of amides is 1. The van der Waals surface area contributed by atoms with Gasteiger partial charge in [0.2, 0.25) is 5.89 Å². The Bertz CT molecular complexity index is 611. The first kappa shape index (κ1) is 16.0. The van der Waals surface area contributed by atoms with Crippen LogP contribution in [0.4, 0.5) is 5.82 Å². The van der Waals surface area contributed by atoms with Gasteiger partial charge in [0.1, 0.15) is 11.6 Å². The lowest BCUT2D eigenvalue weighted by Gasteiger charge is -2.19. The molecule has 2 aromatic rings. The number of aromatic nitrogens is 2. The number of rotatable bonds is 6. The predicted molar refractivity (Wildman–Crippen MR) is 84.9 cm³/mol. The van der Waals surface area contributed by atoms with Crippen molar-refractivity contribution < 1.29 is 9.21 Å². The highest BCUT2D eigenvalue weighted by Crippen LogP contribution is 2.11. The van der Waals surface area contributed by atoms with E-state index in [1.165, 1.54) is 0 Å². The van der Waals surface area contributed by atoms with Crippen LogP contribution in [0.25, 0.3) is 0 Å². The van der Waals surface area contributed by atoms with Crippen LogP contribution in [0.1, 0.15) is 41.6 Å². The Kier molecular flexibility index (Phi) is 5.14. The zero-order valence-electron chi connectivity index (χ0n) is 13.5. The van der Waals surface area contributed by atoms with E-state index in [0.29, 0.717) is 11.5 Å². The summed E-state index contributed by atoms with van der Waals surface area (Å²) in [5.41, 5.74) is 1.37. The van der Waals surface area contributed by atoms with Crippen molar-refractivity contribution in [2.45, 2.75) is 34.2 Å². The topological polar surface area (TPSA) is 71.3 Å². The molecule has 2 rings (SSSR count). The van der Waals surface area contributed by atoms with Gasteiger partial charge in [0, 0.05) is 19.3 Å². The number of carbonyl (C=O) groups is 1. The molecule has 0 unspecified atom stereocenters. The highest BCUT2D eigenvalue weighted by Gasteiger charge is 2.10. The molecule has 22 heavy (non-hydrogen) atoms. The fraction of sp³-hybridized carbons (Fsp3) is 0.438. The van der Waals surface area contributed by atoms with E-state index < -0.39 is 0 Å². The number of anilines is 1. The molecule has 0 fully saturated rings. The largest absolute Gasteiger partial charge is 0.444 e. The summed E-state index contributed by atoms with van der Waals surface area (Å²) in [6.45, 7) is 9.92. The van der Waals surface area contributed by atoms with Crippen molar-refractivity contribution in [2.75, 3.05) is 18.0 Å². The lowest BCUT2D eigenvalue weighted by molar-refractivity contribution is 0.0947. The van der Waals surface area contributed by atoms with E-state index in [2.05, 4.69) is 34.0 Å². The second kappa shape index (κ2) is 7.06. The third-order valence-electron chi connectivity index (χ3n) is 3.57. The molecular formula is C16H22N4O2. The van der Waals surface area contributed by atoms with Crippen molar-refractivity contribution >= 4 is 11.7 Å². The Hall–Kier alpha value is -2.37. The number of hydrogen-bond donors (Lipinski definition) is 1. The molecule has 0 radical (unpaired) electrons. The first-order valence-corrected chi connectivity index (χ1v) is 7.47. The zero-order valence-corrected chi connectivity index (χ0v) is 13.5. The Morgan fingerprint density at radius 2 is 2.00 bits per heavy atom. The third kappa shape index (κ3) is 3.63. The number of pyridine rings is 1. The standard InChI is InChI=1S/C16H22N4O2/c1-5-20(6-2)14-8-7-13(9-17-14)16(21)18-10-15-19-11(3)12(4)22-15/h7-9H,5-6,10H2,1-4H3,(H,18,21). The van der Waals surface area contributed by atoms with Crippen molar-refractivity contribution in [1.29, 1.82) is 0 Å². The van der Waals surface area contributed by atoms with E-state index in [9.17, 15) is 4.79 Å². The summed E-state index contributed by atoms with van der Waals surface area (Å²) in [6, 6.07) is 3.64. The van der Waals surface area contributed by atoms with Crippen LogP contribution in [0, 0.1) is 13.8 Å². The summed E-state index contributed by atoms with van der Waals surface area (Å²) in [6.07, 6.45) is 1.59. The van der Waals surface area contributed by atoms with E-state index in [1.54, 1.807) is 12.3 Å². The second-order valence-electron chi connectivity index (χ2n) is 5.01. The average Bonchev–Trinajstić information content (AvgIpc) is 2.85. The van der Waals surface area contributed by atoms with E-state index >= 15 is 0 Å². The monoisotopic (exact) mass is 302 g/mol. The van der Waals surface area contributed by atoms with Crippen LogP contribution in [0.15, 0.2) is 22.7 Å². The Morgan fingerprint density at radius 3 is 2.50 bits per heavy atom. The molecule has 0 atom stereocenters. The summed E-state index contributed by atoms with van der Waals surface area (Å²) in [5, 5.41) is 2.78. The van der Waals surface area contributed by atoms with Crippen molar-refractivity contribution in [3.8, 4) is 0 Å². The molecule has 6 heteroatoms. The fourth-order valence-electron chi connectivity index (χ4n) is 2.13. The average molecular weight is 302 g/mol. The van der Waals surface area contributed by atoms with Crippen molar-refractivity contribution in [2.24, 2.45) is 0 Å². The summed E-state index contributed by atoms with van der Waals surface area (Å²) in [4.78, 5) is 22.8. The normalized spacial score (nSPS) is 10.5. The number of nitrogens with one attached hydrogen (secondary N) is 1. The quantitative estimate of drug-likeness (QED) is 0.887. The Balaban J connectivity index is 1.97. The zero-order chi connectivity index (χ0) is 16.1. The number of oxazole rings is 1. The summed E-state index contributed by atoms with van der Waals surface area (Å²) < 4.78 is 5.43. The van der Waals surface area contributed by atoms with Gasteiger partial charge in [-0.15, -0.1) is 0 Å².